The Hall–Kier alpha value is -0.970. The summed E-state index contributed by atoms with van der Waals surface area (Å²) in [4.78, 5) is 12.1. The van der Waals surface area contributed by atoms with E-state index in [9.17, 15) is 4.79 Å². The number of nitrogens with one attached hydrogen (secondary N) is 1. The van der Waals surface area contributed by atoms with Crippen LogP contribution in [0.15, 0.2) is 0 Å². The third kappa shape index (κ3) is 2.48. The minimum atomic E-state index is -0.0677. The summed E-state index contributed by atoms with van der Waals surface area (Å²) >= 11 is 1.14. The van der Waals surface area contributed by atoms with Gasteiger partial charge in [0.25, 0.3) is 5.91 Å². The molecule has 0 spiro atoms. The second kappa shape index (κ2) is 4.32. The Morgan fingerprint density at radius 1 is 1.69 bits per heavy atom. The van der Waals surface area contributed by atoms with Crippen LogP contribution < -0.4 is 5.32 Å². The highest BCUT2D eigenvalue weighted by molar-refractivity contribution is 7.07. The lowest BCUT2D eigenvalue weighted by atomic mass is 10.2. The third-order valence-corrected chi connectivity index (χ3v) is 2.67. The smallest absolute Gasteiger partial charge is 0.265 e. The van der Waals surface area contributed by atoms with Crippen molar-refractivity contribution in [3.63, 3.8) is 0 Å². The van der Waals surface area contributed by atoms with Crippen LogP contribution >= 0.6 is 11.5 Å². The van der Waals surface area contributed by atoms with Gasteiger partial charge in [-0.15, -0.1) is 5.10 Å². The maximum Gasteiger partial charge on any atom is 0.265 e. The highest BCUT2D eigenvalue weighted by Crippen LogP contribution is 2.08. The number of aromatic nitrogens is 2. The lowest BCUT2D eigenvalue weighted by Crippen LogP contribution is -2.31. The van der Waals surface area contributed by atoms with Crippen LogP contribution in [0.25, 0.3) is 0 Å². The van der Waals surface area contributed by atoms with Gasteiger partial charge in [-0.3, -0.25) is 4.79 Å². The van der Waals surface area contributed by atoms with Gasteiger partial charge in [0.05, 0.1) is 5.69 Å². The maximum absolute atomic E-state index is 11.5. The van der Waals surface area contributed by atoms with Gasteiger partial charge in [-0.2, -0.15) is 0 Å². The highest BCUT2D eigenvalue weighted by Gasteiger charge is 2.14. The summed E-state index contributed by atoms with van der Waals surface area (Å²) in [5.41, 5.74) is 0.700. The van der Waals surface area contributed by atoms with Crippen LogP contribution in [0.2, 0.25) is 0 Å². The zero-order chi connectivity index (χ0) is 9.84. The van der Waals surface area contributed by atoms with E-state index in [0.717, 1.165) is 18.0 Å². The summed E-state index contributed by atoms with van der Waals surface area (Å²) < 4.78 is 3.71. The molecule has 1 aromatic rings. The molecule has 1 heterocycles. The fourth-order valence-corrected chi connectivity index (χ4v) is 1.39. The largest absolute Gasteiger partial charge is 0.349 e. The molecule has 0 aliphatic rings. The highest BCUT2D eigenvalue weighted by atomic mass is 32.1. The van der Waals surface area contributed by atoms with Crippen molar-refractivity contribution in [1.29, 1.82) is 0 Å². The van der Waals surface area contributed by atoms with E-state index in [1.807, 2.05) is 13.8 Å². The number of carbonyl (C=O) groups is 1. The van der Waals surface area contributed by atoms with Gasteiger partial charge >= 0.3 is 0 Å². The van der Waals surface area contributed by atoms with Crippen molar-refractivity contribution >= 4 is 17.4 Å². The molecule has 13 heavy (non-hydrogen) atoms. The van der Waals surface area contributed by atoms with E-state index in [2.05, 4.69) is 14.9 Å². The number of hydrogen-bond donors (Lipinski definition) is 1. The zero-order valence-corrected chi connectivity index (χ0v) is 8.81. The average molecular weight is 199 g/mol. The van der Waals surface area contributed by atoms with Crippen molar-refractivity contribution in [2.75, 3.05) is 0 Å². The molecule has 72 valence electrons. The van der Waals surface area contributed by atoms with Crippen molar-refractivity contribution in [2.45, 2.75) is 33.2 Å². The topological polar surface area (TPSA) is 54.9 Å². The molecule has 0 saturated heterocycles. The van der Waals surface area contributed by atoms with Crippen molar-refractivity contribution < 1.29 is 4.79 Å². The number of nitrogens with zero attached hydrogens (tertiary/aromatic N) is 2. The fourth-order valence-electron chi connectivity index (χ4n) is 0.831. The molecule has 1 amide bonds. The van der Waals surface area contributed by atoms with Crippen molar-refractivity contribution in [3.8, 4) is 0 Å². The minimum absolute atomic E-state index is 0.0677. The number of carbonyl (C=O) groups excluding carboxylic acids is 1. The third-order valence-electron chi connectivity index (χ3n) is 1.85. The van der Waals surface area contributed by atoms with Crippen LogP contribution in [0.5, 0.6) is 0 Å². The van der Waals surface area contributed by atoms with Gasteiger partial charge < -0.3 is 5.32 Å². The lowest BCUT2D eigenvalue weighted by molar-refractivity contribution is 0.0942. The molecule has 0 bridgehead atoms. The summed E-state index contributed by atoms with van der Waals surface area (Å²) in [6, 6.07) is 0.203. The van der Waals surface area contributed by atoms with Gasteiger partial charge in [0.2, 0.25) is 0 Å². The Morgan fingerprint density at radius 3 is 2.85 bits per heavy atom. The minimum Gasteiger partial charge on any atom is -0.349 e. The first-order valence-corrected chi connectivity index (χ1v) is 5.02. The second-order valence-corrected chi connectivity index (χ2v) is 3.72. The SMILES string of the molecule is CC[C@H](C)NC(=O)c1snnc1C. The monoisotopic (exact) mass is 199 g/mol. The summed E-state index contributed by atoms with van der Waals surface area (Å²) in [6.07, 6.45) is 0.928. The first-order valence-electron chi connectivity index (χ1n) is 4.25. The number of rotatable bonds is 3. The summed E-state index contributed by atoms with van der Waals surface area (Å²) in [7, 11) is 0. The van der Waals surface area contributed by atoms with Crippen molar-refractivity contribution in [2.24, 2.45) is 0 Å². The van der Waals surface area contributed by atoms with Crippen LogP contribution in [-0.2, 0) is 0 Å². The second-order valence-electron chi connectivity index (χ2n) is 2.97. The molecule has 1 rings (SSSR count). The molecule has 0 aliphatic heterocycles. The normalized spacial score (nSPS) is 12.5. The Morgan fingerprint density at radius 2 is 2.38 bits per heavy atom. The number of hydrogen-bond acceptors (Lipinski definition) is 4. The lowest BCUT2D eigenvalue weighted by Gasteiger charge is -2.09. The van der Waals surface area contributed by atoms with Crippen LogP contribution in [0.4, 0.5) is 0 Å². The molecule has 0 aliphatic carbocycles. The Balaban J connectivity index is 2.64. The fraction of sp³-hybridized carbons (Fsp3) is 0.625. The van der Waals surface area contributed by atoms with Gasteiger partial charge in [0, 0.05) is 6.04 Å². The van der Waals surface area contributed by atoms with Gasteiger partial charge in [-0.05, 0) is 31.8 Å². The summed E-state index contributed by atoms with van der Waals surface area (Å²) in [5.74, 6) is -0.0677. The quantitative estimate of drug-likeness (QED) is 0.800. The van der Waals surface area contributed by atoms with Gasteiger partial charge in [-0.25, -0.2) is 0 Å². The average Bonchev–Trinajstić information content (AvgIpc) is 2.51. The Labute approximate surface area is 81.5 Å². The van der Waals surface area contributed by atoms with E-state index in [-0.39, 0.29) is 11.9 Å². The van der Waals surface area contributed by atoms with Crippen LogP contribution in [0, 0.1) is 6.92 Å². The van der Waals surface area contributed by atoms with E-state index in [1.165, 1.54) is 0 Å². The molecule has 1 atom stereocenters. The first-order chi connectivity index (χ1) is 6.15. The number of aryl methyl sites for hydroxylation is 1. The van der Waals surface area contributed by atoms with Crippen molar-refractivity contribution in [3.05, 3.63) is 10.6 Å². The van der Waals surface area contributed by atoms with E-state index >= 15 is 0 Å². The molecule has 1 aromatic heterocycles. The van der Waals surface area contributed by atoms with Gasteiger partial charge in [0.15, 0.2) is 0 Å². The van der Waals surface area contributed by atoms with Gasteiger partial charge in [0.1, 0.15) is 4.88 Å². The summed E-state index contributed by atoms with van der Waals surface area (Å²) in [6.45, 7) is 5.79. The number of amides is 1. The van der Waals surface area contributed by atoms with Crippen LogP contribution in [0.3, 0.4) is 0 Å². The van der Waals surface area contributed by atoms with Crippen molar-refractivity contribution in [1.82, 2.24) is 14.9 Å². The molecular formula is C8H13N3OS. The molecule has 1 N–H and O–H groups in total. The molecule has 4 nitrogen and oxygen atoms in total. The maximum atomic E-state index is 11.5. The predicted octanol–water partition coefficient (Wildman–Crippen LogP) is 1.37. The van der Waals surface area contributed by atoms with E-state index in [0.29, 0.717) is 10.6 Å². The molecular weight excluding hydrogens is 186 g/mol. The Kier molecular flexibility index (Phi) is 3.36. The standard InChI is InChI=1S/C8H13N3OS/c1-4-5(2)9-8(12)7-6(3)10-11-13-7/h5H,4H2,1-3H3,(H,9,12)/t5-/m0/s1. The van der Waals surface area contributed by atoms with Crippen LogP contribution in [-0.4, -0.2) is 21.5 Å². The molecule has 0 unspecified atom stereocenters. The van der Waals surface area contributed by atoms with E-state index in [1.54, 1.807) is 6.92 Å². The predicted molar refractivity (Wildman–Crippen MR) is 51.9 cm³/mol. The molecule has 0 radical (unpaired) electrons. The Bertz CT molecular complexity index is 297. The summed E-state index contributed by atoms with van der Waals surface area (Å²) in [5, 5.41) is 6.64. The van der Waals surface area contributed by atoms with Gasteiger partial charge in [-0.1, -0.05) is 11.4 Å². The van der Waals surface area contributed by atoms with Crippen LogP contribution in [0.1, 0.15) is 35.6 Å². The van der Waals surface area contributed by atoms with E-state index in [4.69, 9.17) is 0 Å². The molecule has 0 aromatic carbocycles. The van der Waals surface area contributed by atoms with E-state index < -0.39 is 0 Å². The first kappa shape index (κ1) is 10.1. The molecule has 5 heteroatoms. The molecule has 0 fully saturated rings. The zero-order valence-electron chi connectivity index (χ0n) is 8.00. The molecule has 0 saturated carbocycles.